The van der Waals surface area contributed by atoms with Crippen molar-refractivity contribution in [2.24, 2.45) is 5.92 Å². The van der Waals surface area contributed by atoms with Crippen molar-refractivity contribution in [3.8, 4) is 5.75 Å². The summed E-state index contributed by atoms with van der Waals surface area (Å²) >= 11 is 12.3. The zero-order valence-corrected chi connectivity index (χ0v) is 14.7. The van der Waals surface area contributed by atoms with E-state index >= 15 is 0 Å². The molecule has 0 N–H and O–H groups in total. The fourth-order valence-corrected chi connectivity index (χ4v) is 3.21. The summed E-state index contributed by atoms with van der Waals surface area (Å²) in [5.74, 6) is -0.648. The Labute approximate surface area is 149 Å². The van der Waals surface area contributed by atoms with Crippen LogP contribution >= 0.6 is 23.2 Å². The van der Waals surface area contributed by atoms with Crippen LogP contribution in [-0.4, -0.2) is 11.9 Å². The van der Waals surface area contributed by atoms with E-state index < -0.39 is 5.97 Å². The molecule has 3 rings (SSSR count). The summed E-state index contributed by atoms with van der Waals surface area (Å²) in [5.41, 5.74) is 1.43. The first kappa shape index (κ1) is 16.8. The Kier molecular flexibility index (Phi) is 4.52. The van der Waals surface area contributed by atoms with Gasteiger partial charge in [-0.05, 0) is 24.3 Å². The SMILES string of the molecule is CC(C)C(=O)N1Cc2cc(Cl)cc(Cl)c2OC(=O)c2ccccc21. The van der Waals surface area contributed by atoms with Crippen LogP contribution in [0.1, 0.15) is 29.8 Å². The summed E-state index contributed by atoms with van der Waals surface area (Å²) in [6, 6.07) is 10.0. The van der Waals surface area contributed by atoms with Crippen molar-refractivity contribution in [1.29, 1.82) is 0 Å². The highest BCUT2D eigenvalue weighted by Crippen LogP contribution is 2.37. The predicted molar refractivity (Wildman–Crippen MR) is 93.9 cm³/mol. The molecule has 2 aromatic rings. The number of rotatable bonds is 1. The Bertz CT molecular complexity index is 833. The third-order valence-electron chi connectivity index (χ3n) is 3.78. The van der Waals surface area contributed by atoms with E-state index in [2.05, 4.69) is 0 Å². The van der Waals surface area contributed by atoms with Crippen LogP contribution in [0.5, 0.6) is 5.75 Å². The van der Waals surface area contributed by atoms with Crippen LogP contribution in [-0.2, 0) is 11.3 Å². The van der Waals surface area contributed by atoms with Crippen molar-refractivity contribution in [3.05, 3.63) is 57.6 Å². The second-order valence-electron chi connectivity index (χ2n) is 5.86. The number of halogens is 2. The van der Waals surface area contributed by atoms with Gasteiger partial charge in [0.2, 0.25) is 5.91 Å². The highest BCUT2D eigenvalue weighted by atomic mass is 35.5. The highest BCUT2D eigenvalue weighted by molar-refractivity contribution is 6.35. The van der Waals surface area contributed by atoms with Gasteiger partial charge in [0.05, 0.1) is 22.8 Å². The Morgan fingerprint density at radius 3 is 2.62 bits per heavy atom. The first-order valence-electron chi connectivity index (χ1n) is 7.49. The third-order valence-corrected chi connectivity index (χ3v) is 4.28. The predicted octanol–water partition coefficient (Wildman–Crippen LogP) is 4.72. The molecule has 0 fully saturated rings. The van der Waals surface area contributed by atoms with Crippen LogP contribution in [0.3, 0.4) is 0 Å². The number of anilines is 1. The standard InChI is InChI=1S/C18H15Cl2NO3/c1-10(2)17(22)21-9-11-7-12(19)8-14(20)16(11)24-18(23)13-5-3-4-6-15(13)21/h3-8,10H,9H2,1-2H3. The Morgan fingerprint density at radius 1 is 1.21 bits per heavy atom. The molecule has 1 aliphatic rings. The molecule has 124 valence electrons. The van der Waals surface area contributed by atoms with E-state index in [4.69, 9.17) is 27.9 Å². The molecule has 1 aliphatic heterocycles. The van der Waals surface area contributed by atoms with Crippen LogP contribution in [0.15, 0.2) is 36.4 Å². The largest absolute Gasteiger partial charge is 0.421 e. The van der Waals surface area contributed by atoms with E-state index in [1.54, 1.807) is 35.2 Å². The number of carbonyl (C=O) groups is 2. The summed E-state index contributed by atoms with van der Waals surface area (Å²) in [6.45, 7) is 3.85. The van der Waals surface area contributed by atoms with Gasteiger partial charge >= 0.3 is 5.97 Å². The van der Waals surface area contributed by atoms with Gasteiger partial charge in [-0.2, -0.15) is 0 Å². The first-order chi connectivity index (χ1) is 11.4. The minimum Gasteiger partial charge on any atom is -0.421 e. The van der Waals surface area contributed by atoms with Crippen LogP contribution in [0.2, 0.25) is 10.0 Å². The molecule has 0 aromatic heterocycles. The molecule has 0 bridgehead atoms. The Morgan fingerprint density at radius 2 is 1.92 bits per heavy atom. The van der Waals surface area contributed by atoms with Gasteiger partial charge in [-0.25, -0.2) is 4.79 Å². The second kappa shape index (κ2) is 6.46. The monoisotopic (exact) mass is 363 g/mol. The van der Waals surface area contributed by atoms with Gasteiger partial charge in [-0.1, -0.05) is 49.2 Å². The van der Waals surface area contributed by atoms with Gasteiger partial charge in [0.15, 0.2) is 5.75 Å². The summed E-state index contributed by atoms with van der Waals surface area (Å²) in [6.07, 6.45) is 0. The summed E-state index contributed by atoms with van der Waals surface area (Å²) in [5, 5.41) is 0.655. The molecule has 24 heavy (non-hydrogen) atoms. The van der Waals surface area contributed by atoms with Crippen LogP contribution in [0.25, 0.3) is 0 Å². The lowest BCUT2D eigenvalue weighted by atomic mass is 10.1. The maximum absolute atomic E-state index is 12.7. The van der Waals surface area contributed by atoms with Crippen molar-refractivity contribution >= 4 is 40.8 Å². The van der Waals surface area contributed by atoms with E-state index in [0.717, 1.165) is 0 Å². The van der Waals surface area contributed by atoms with E-state index in [9.17, 15) is 9.59 Å². The molecule has 0 atom stereocenters. The van der Waals surface area contributed by atoms with E-state index in [1.807, 2.05) is 13.8 Å². The number of nitrogens with zero attached hydrogens (tertiary/aromatic N) is 1. The lowest BCUT2D eigenvalue weighted by Crippen LogP contribution is -2.36. The van der Waals surface area contributed by atoms with Crippen LogP contribution in [0, 0.1) is 5.92 Å². The maximum atomic E-state index is 12.7. The molecule has 0 spiro atoms. The number of amides is 1. The number of benzene rings is 2. The molecule has 1 heterocycles. The zero-order chi connectivity index (χ0) is 17.4. The fraction of sp³-hybridized carbons (Fsp3) is 0.222. The number of hydrogen-bond acceptors (Lipinski definition) is 3. The molecule has 1 amide bonds. The molecule has 0 aliphatic carbocycles. The lowest BCUT2D eigenvalue weighted by Gasteiger charge is -2.29. The number of hydrogen-bond donors (Lipinski definition) is 0. The maximum Gasteiger partial charge on any atom is 0.345 e. The molecule has 0 saturated heterocycles. The molecule has 6 heteroatoms. The van der Waals surface area contributed by atoms with E-state index in [0.29, 0.717) is 21.8 Å². The van der Waals surface area contributed by atoms with Gasteiger partial charge in [0.1, 0.15) is 0 Å². The molecule has 0 saturated carbocycles. The second-order valence-corrected chi connectivity index (χ2v) is 6.71. The smallest absolute Gasteiger partial charge is 0.345 e. The number of esters is 1. The van der Waals surface area contributed by atoms with Gasteiger partial charge in [-0.3, -0.25) is 4.79 Å². The van der Waals surface area contributed by atoms with Gasteiger partial charge in [0.25, 0.3) is 0 Å². The summed E-state index contributed by atoms with van der Waals surface area (Å²) < 4.78 is 5.47. The van der Waals surface area contributed by atoms with Crippen molar-refractivity contribution in [2.45, 2.75) is 20.4 Å². The zero-order valence-electron chi connectivity index (χ0n) is 13.2. The first-order valence-corrected chi connectivity index (χ1v) is 8.24. The van der Waals surface area contributed by atoms with Gasteiger partial charge in [-0.15, -0.1) is 0 Å². The van der Waals surface area contributed by atoms with E-state index in [-0.39, 0.29) is 29.1 Å². The number of carbonyl (C=O) groups excluding carboxylic acids is 2. The Hall–Kier alpha value is -2.04. The number of para-hydroxylation sites is 1. The number of ether oxygens (including phenoxy) is 1. The van der Waals surface area contributed by atoms with Crippen LogP contribution < -0.4 is 9.64 Å². The normalized spacial score (nSPS) is 13.7. The minimum absolute atomic E-state index is 0.0980. The van der Waals surface area contributed by atoms with Crippen LogP contribution in [0.4, 0.5) is 5.69 Å². The van der Waals surface area contributed by atoms with Gasteiger partial charge < -0.3 is 9.64 Å². The average Bonchev–Trinajstić information content (AvgIpc) is 2.53. The molecule has 0 unspecified atom stereocenters. The van der Waals surface area contributed by atoms with Crippen molar-refractivity contribution in [3.63, 3.8) is 0 Å². The highest BCUT2D eigenvalue weighted by Gasteiger charge is 2.29. The number of fused-ring (bicyclic) bond motifs is 2. The van der Waals surface area contributed by atoms with E-state index in [1.165, 1.54) is 6.07 Å². The molecular formula is C18H15Cl2NO3. The fourth-order valence-electron chi connectivity index (χ4n) is 2.64. The van der Waals surface area contributed by atoms with Gasteiger partial charge in [0, 0.05) is 16.5 Å². The van der Waals surface area contributed by atoms with Crippen molar-refractivity contribution in [1.82, 2.24) is 0 Å². The lowest BCUT2D eigenvalue weighted by molar-refractivity contribution is -0.121. The van der Waals surface area contributed by atoms with Crippen molar-refractivity contribution in [2.75, 3.05) is 4.90 Å². The topological polar surface area (TPSA) is 46.6 Å². The quantitative estimate of drug-likeness (QED) is 0.544. The third kappa shape index (κ3) is 2.99. The van der Waals surface area contributed by atoms with Crippen molar-refractivity contribution < 1.29 is 14.3 Å². The molecular weight excluding hydrogens is 349 g/mol. The average molecular weight is 364 g/mol. The molecule has 0 radical (unpaired) electrons. The Balaban J connectivity index is 2.21. The summed E-state index contributed by atoms with van der Waals surface area (Å²) in [4.78, 5) is 26.8. The molecule has 4 nitrogen and oxygen atoms in total. The minimum atomic E-state index is -0.558. The molecule has 2 aromatic carbocycles. The summed E-state index contributed by atoms with van der Waals surface area (Å²) in [7, 11) is 0.